The highest BCUT2D eigenvalue weighted by Gasteiger charge is 2.42. The molecule has 0 amide bonds. The van der Waals surface area contributed by atoms with Crippen LogP contribution >= 0.6 is 11.6 Å². The van der Waals surface area contributed by atoms with E-state index in [0.717, 1.165) is 12.1 Å². The second-order valence-corrected chi connectivity index (χ2v) is 8.70. The lowest BCUT2D eigenvalue weighted by molar-refractivity contribution is -0.142. The number of aldehydes is 1. The van der Waals surface area contributed by atoms with Crippen LogP contribution in [0, 0.1) is 0 Å². The monoisotopic (exact) mass is 499 g/mol. The molecule has 0 atom stereocenters. The smallest absolute Gasteiger partial charge is 0.365 e. The van der Waals surface area contributed by atoms with Gasteiger partial charge in [0.15, 0.2) is 17.6 Å². The molecule has 1 aliphatic heterocycles. The van der Waals surface area contributed by atoms with E-state index in [-0.39, 0.29) is 27.7 Å². The van der Waals surface area contributed by atoms with Crippen molar-refractivity contribution in [3.05, 3.63) is 82.6 Å². The van der Waals surface area contributed by atoms with Crippen molar-refractivity contribution in [3.8, 4) is 11.3 Å². The summed E-state index contributed by atoms with van der Waals surface area (Å²) in [4.78, 5) is 19.8. The number of rotatable bonds is 5. The minimum Gasteiger partial charge on any atom is -0.365 e. The lowest BCUT2D eigenvalue weighted by Gasteiger charge is -2.37. The van der Waals surface area contributed by atoms with E-state index in [1.807, 2.05) is 30.3 Å². The lowest BCUT2D eigenvalue weighted by Crippen LogP contribution is -2.47. The number of hydrogen-bond acceptors (Lipinski definition) is 5. The molecule has 0 saturated carbocycles. The summed E-state index contributed by atoms with van der Waals surface area (Å²) in [5.41, 5.74) is 0.283. The first-order valence-electron chi connectivity index (χ1n) is 11.1. The van der Waals surface area contributed by atoms with Gasteiger partial charge in [0.05, 0.1) is 11.4 Å². The van der Waals surface area contributed by atoms with Gasteiger partial charge in [-0.15, -0.1) is 0 Å². The summed E-state index contributed by atoms with van der Waals surface area (Å²) in [6, 6.07) is 18.6. The van der Waals surface area contributed by atoms with Crippen molar-refractivity contribution in [2.24, 2.45) is 0 Å². The molecule has 35 heavy (non-hydrogen) atoms. The summed E-state index contributed by atoms with van der Waals surface area (Å²) >= 11 is 6.21. The maximum absolute atomic E-state index is 14.6. The van der Waals surface area contributed by atoms with Crippen LogP contribution in [0.15, 0.2) is 60.7 Å². The van der Waals surface area contributed by atoms with Gasteiger partial charge in [0.25, 0.3) is 0 Å². The molecule has 6 nitrogen and oxygen atoms in total. The molecule has 2 aromatic carbocycles. The topological polar surface area (TPSA) is 53.7 Å². The average Bonchev–Trinajstić information content (AvgIpc) is 3.19. The van der Waals surface area contributed by atoms with E-state index in [0.29, 0.717) is 42.5 Å². The molecular formula is C25H21ClF3N5O. The zero-order valence-electron chi connectivity index (χ0n) is 18.5. The number of carbonyl (C=O) groups excluding carboxylic acids is 1. The van der Waals surface area contributed by atoms with Gasteiger partial charge in [-0.25, -0.2) is 9.50 Å². The van der Waals surface area contributed by atoms with Gasteiger partial charge in [-0.1, -0.05) is 72.3 Å². The number of anilines is 1. The van der Waals surface area contributed by atoms with Crippen LogP contribution in [0.25, 0.3) is 16.9 Å². The molecule has 1 aliphatic rings. The Labute approximate surface area is 204 Å². The molecule has 180 valence electrons. The Bertz CT molecular complexity index is 1350. The Balaban J connectivity index is 1.61. The average molecular weight is 500 g/mol. The number of piperazine rings is 1. The summed E-state index contributed by atoms with van der Waals surface area (Å²) in [6.45, 7) is 2.63. The van der Waals surface area contributed by atoms with Crippen molar-refractivity contribution in [1.29, 1.82) is 0 Å². The Morgan fingerprint density at radius 3 is 2.17 bits per heavy atom. The summed E-state index contributed by atoms with van der Waals surface area (Å²) in [6.07, 6.45) is -4.43. The molecule has 4 aromatic rings. The molecule has 1 saturated heterocycles. The van der Waals surface area contributed by atoms with Gasteiger partial charge >= 0.3 is 6.18 Å². The Morgan fingerprint density at radius 2 is 1.57 bits per heavy atom. The van der Waals surface area contributed by atoms with Crippen LogP contribution in [0.5, 0.6) is 0 Å². The van der Waals surface area contributed by atoms with Gasteiger partial charge in [0, 0.05) is 38.3 Å². The van der Waals surface area contributed by atoms with Crippen LogP contribution < -0.4 is 4.90 Å². The molecule has 0 radical (unpaired) electrons. The predicted octanol–water partition coefficient (Wildman–Crippen LogP) is 5.20. The van der Waals surface area contributed by atoms with E-state index in [4.69, 9.17) is 11.6 Å². The molecule has 0 spiro atoms. The number of aromatic nitrogens is 3. The highest BCUT2D eigenvalue weighted by molar-refractivity contribution is 6.35. The van der Waals surface area contributed by atoms with Crippen LogP contribution in [0.3, 0.4) is 0 Å². The normalized spacial score (nSPS) is 15.0. The van der Waals surface area contributed by atoms with E-state index in [1.165, 1.54) is 0 Å². The number of benzene rings is 2. The van der Waals surface area contributed by atoms with Crippen molar-refractivity contribution in [2.45, 2.75) is 12.7 Å². The molecule has 1 fully saturated rings. The third kappa shape index (κ3) is 4.49. The van der Waals surface area contributed by atoms with Crippen LogP contribution in [-0.4, -0.2) is 52.0 Å². The van der Waals surface area contributed by atoms with E-state index in [1.54, 1.807) is 35.2 Å². The minimum absolute atomic E-state index is 0.0628. The molecule has 2 aromatic heterocycles. The van der Waals surface area contributed by atoms with Gasteiger partial charge < -0.3 is 4.90 Å². The SMILES string of the molecule is O=Cc1nn2c(C(F)(F)F)c(N3CCN(Cc4ccccc4)CC3)c(-c3ccccc3)nc2c1Cl. The first-order valence-corrected chi connectivity index (χ1v) is 11.5. The van der Waals surface area contributed by atoms with Crippen molar-refractivity contribution in [3.63, 3.8) is 0 Å². The maximum atomic E-state index is 14.6. The van der Waals surface area contributed by atoms with E-state index in [9.17, 15) is 18.0 Å². The van der Waals surface area contributed by atoms with E-state index < -0.39 is 11.9 Å². The molecular weight excluding hydrogens is 479 g/mol. The zero-order valence-corrected chi connectivity index (χ0v) is 19.3. The van der Waals surface area contributed by atoms with Crippen LogP contribution in [-0.2, 0) is 12.7 Å². The number of fused-ring (bicyclic) bond motifs is 1. The summed E-state index contributed by atoms with van der Waals surface area (Å²) < 4.78 is 44.4. The zero-order chi connectivity index (χ0) is 24.6. The fourth-order valence-electron chi connectivity index (χ4n) is 4.43. The molecule has 10 heteroatoms. The van der Waals surface area contributed by atoms with Crippen molar-refractivity contribution >= 4 is 29.2 Å². The largest absolute Gasteiger partial charge is 0.435 e. The Morgan fingerprint density at radius 1 is 0.943 bits per heavy atom. The Kier molecular flexibility index (Phi) is 6.21. The van der Waals surface area contributed by atoms with Gasteiger partial charge in [0.1, 0.15) is 10.7 Å². The standard InChI is InChI=1S/C25H21ClF3N5O/c26-20-19(16-35)31-34-23(25(27,28)29)22(21(30-24(20)34)18-9-5-2-6-10-18)33-13-11-32(12-14-33)15-17-7-3-1-4-8-17/h1-10,16H,11-15H2. The second-order valence-electron chi connectivity index (χ2n) is 8.32. The van der Waals surface area contributed by atoms with Gasteiger partial charge in [-0.3, -0.25) is 9.69 Å². The molecule has 0 N–H and O–H groups in total. The second kappa shape index (κ2) is 9.31. The summed E-state index contributed by atoms with van der Waals surface area (Å²) in [5, 5.41) is 3.65. The van der Waals surface area contributed by atoms with E-state index in [2.05, 4.69) is 15.0 Å². The third-order valence-electron chi connectivity index (χ3n) is 6.07. The summed E-state index contributed by atoms with van der Waals surface area (Å²) in [7, 11) is 0. The number of carbonyl (C=O) groups is 1. The first kappa shape index (κ1) is 23.3. The molecule has 0 aliphatic carbocycles. The lowest BCUT2D eigenvalue weighted by atomic mass is 10.1. The van der Waals surface area contributed by atoms with Gasteiger partial charge in [-0.05, 0) is 5.56 Å². The fraction of sp³-hybridized carbons (Fsp3) is 0.240. The summed E-state index contributed by atoms with van der Waals surface area (Å²) in [5.74, 6) is 0. The van der Waals surface area contributed by atoms with Crippen LogP contribution in [0.1, 0.15) is 21.7 Å². The number of halogens is 4. The first-order chi connectivity index (χ1) is 16.9. The van der Waals surface area contributed by atoms with Crippen molar-refractivity contribution < 1.29 is 18.0 Å². The van der Waals surface area contributed by atoms with E-state index >= 15 is 0 Å². The third-order valence-corrected chi connectivity index (χ3v) is 6.44. The van der Waals surface area contributed by atoms with Crippen molar-refractivity contribution in [1.82, 2.24) is 19.5 Å². The number of hydrogen-bond donors (Lipinski definition) is 0. The fourth-order valence-corrected chi connectivity index (χ4v) is 4.63. The molecule has 0 unspecified atom stereocenters. The van der Waals surface area contributed by atoms with Gasteiger partial charge in [-0.2, -0.15) is 18.3 Å². The van der Waals surface area contributed by atoms with Crippen molar-refractivity contribution in [2.75, 3.05) is 31.1 Å². The Hall–Kier alpha value is -3.43. The minimum atomic E-state index is -4.77. The maximum Gasteiger partial charge on any atom is 0.435 e. The number of alkyl halides is 3. The highest BCUT2D eigenvalue weighted by Crippen LogP contribution is 2.43. The highest BCUT2D eigenvalue weighted by atomic mass is 35.5. The predicted molar refractivity (Wildman–Crippen MR) is 128 cm³/mol. The quantitative estimate of drug-likeness (QED) is 0.353. The van der Waals surface area contributed by atoms with Crippen LogP contribution in [0.4, 0.5) is 18.9 Å². The molecule has 3 heterocycles. The van der Waals surface area contributed by atoms with Gasteiger partial charge in [0.2, 0.25) is 0 Å². The van der Waals surface area contributed by atoms with Crippen LogP contribution in [0.2, 0.25) is 5.02 Å². The number of nitrogens with zero attached hydrogens (tertiary/aromatic N) is 5. The molecule has 0 bridgehead atoms. The molecule has 5 rings (SSSR count).